The number of hydrogen-bond acceptors (Lipinski definition) is 6. The summed E-state index contributed by atoms with van der Waals surface area (Å²) in [5.74, 6) is -0.414. The Bertz CT molecular complexity index is 1330. The van der Waals surface area contributed by atoms with Crippen molar-refractivity contribution in [1.29, 1.82) is 0 Å². The van der Waals surface area contributed by atoms with Gasteiger partial charge in [0.25, 0.3) is 0 Å². The Balaban J connectivity index is 1.69. The van der Waals surface area contributed by atoms with Crippen LogP contribution in [0.15, 0.2) is 83.0 Å². The molecule has 3 aliphatic rings. The van der Waals surface area contributed by atoms with Crippen molar-refractivity contribution in [3.63, 3.8) is 0 Å². The smallest absolute Gasteiger partial charge is 0.162 e. The Labute approximate surface area is 269 Å². The van der Waals surface area contributed by atoms with Crippen molar-refractivity contribution in [3.05, 3.63) is 88.6 Å². The second kappa shape index (κ2) is 15.2. The Morgan fingerprint density at radius 1 is 1.11 bits per heavy atom. The SMILES string of the molecule is C=C(C=CC=C(CO)[C@@H]1C[C@@H]2CCC[C@]3(O)CCC(=C(C)C(=O)Cc4ccc(O)cc4)[C@@H](CCCO)[C@@]23[C@@H]1O)CCC=C(C)C. The number of allylic oxidation sites excluding steroid dienone is 8. The lowest BCUT2D eigenvalue weighted by Gasteiger charge is -2.61. The highest BCUT2D eigenvalue weighted by molar-refractivity contribution is 5.97. The van der Waals surface area contributed by atoms with Crippen LogP contribution >= 0.6 is 0 Å². The van der Waals surface area contributed by atoms with E-state index in [1.807, 2.05) is 25.2 Å². The number of benzene rings is 1. The highest BCUT2D eigenvalue weighted by Crippen LogP contribution is 2.69. The maximum atomic E-state index is 13.7. The minimum absolute atomic E-state index is 0.00572. The standard InChI is InChI=1S/C39H54O6/c1-26(2)9-5-10-27(3)11-6-12-30(25-41)34-24-31-13-7-20-38(45)21-19-33(35(14-8-22-40)39(31,38)37(34)44)28(4)36(43)23-29-15-17-32(42)18-16-29/h6,9,11-12,15-18,31,34-35,37,40-42,44-45H,3,5,7-8,10,13-14,19-25H2,1-2,4H3/t31-,34-,35+,37+,38-,39+/m0/s1. The van der Waals surface area contributed by atoms with Crippen molar-refractivity contribution in [3.8, 4) is 5.75 Å². The predicted octanol–water partition coefficient (Wildman–Crippen LogP) is 6.68. The van der Waals surface area contributed by atoms with E-state index in [0.29, 0.717) is 44.1 Å². The van der Waals surface area contributed by atoms with Crippen LogP contribution in [0.3, 0.4) is 0 Å². The summed E-state index contributed by atoms with van der Waals surface area (Å²) in [5.41, 5.74) is 3.54. The Morgan fingerprint density at radius 3 is 2.51 bits per heavy atom. The molecule has 0 aromatic heterocycles. The van der Waals surface area contributed by atoms with Crippen molar-refractivity contribution in [2.45, 2.75) is 103 Å². The van der Waals surface area contributed by atoms with Crippen LogP contribution in [0.1, 0.15) is 90.5 Å². The second-order valence-corrected chi connectivity index (χ2v) is 13.9. The fourth-order valence-corrected chi connectivity index (χ4v) is 8.89. The molecule has 1 aromatic rings. The van der Waals surface area contributed by atoms with Gasteiger partial charge in [-0.25, -0.2) is 0 Å². The molecule has 5 N–H and O–H groups in total. The number of carbonyl (C=O) groups is 1. The molecule has 3 saturated carbocycles. The molecular weight excluding hydrogens is 564 g/mol. The second-order valence-electron chi connectivity index (χ2n) is 13.9. The highest BCUT2D eigenvalue weighted by Gasteiger charge is 2.70. The monoisotopic (exact) mass is 618 g/mol. The molecule has 4 rings (SSSR count). The largest absolute Gasteiger partial charge is 0.508 e. The molecule has 0 heterocycles. The van der Waals surface area contributed by atoms with Crippen LogP contribution in [0.2, 0.25) is 0 Å². The predicted molar refractivity (Wildman–Crippen MR) is 180 cm³/mol. The quantitative estimate of drug-likeness (QED) is 0.0957. The minimum Gasteiger partial charge on any atom is -0.508 e. The Morgan fingerprint density at radius 2 is 1.84 bits per heavy atom. The number of aliphatic hydroxyl groups excluding tert-OH is 3. The number of phenolic OH excluding ortho intramolecular Hbond substituents is 1. The first-order valence-electron chi connectivity index (χ1n) is 16.8. The van der Waals surface area contributed by atoms with E-state index in [9.17, 15) is 30.3 Å². The number of hydrogen-bond donors (Lipinski definition) is 5. The number of ketones is 1. The van der Waals surface area contributed by atoms with Crippen LogP contribution in [0.4, 0.5) is 0 Å². The third-order valence-corrected chi connectivity index (χ3v) is 11.0. The van der Waals surface area contributed by atoms with Gasteiger partial charge in [-0.15, -0.1) is 0 Å². The molecule has 0 amide bonds. The van der Waals surface area contributed by atoms with E-state index in [1.165, 1.54) is 5.57 Å². The van der Waals surface area contributed by atoms with Gasteiger partial charge in [0.05, 0.1) is 18.3 Å². The average Bonchev–Trinajstić information content (AvgIpc) is 3.30. The molecule has 6 heteroatoms. The van der Waals surface area contributed by atoms with Crippen LogP contribution in [0.5, 0.6) is 5.75 Å². The van der Waals surface area contributed by atoms with Crippen LogP contribution in [0, 0.1) is 23.2 Å². The average molecular weight is 619 g/mol. The van der Waals surface area contributed by atoms with Gasteiger partial charge in [-0.2, -0.15) is 0 Å². The van der Waals surface area contributed by atoms with Crippen LogP contribution in [-0.2, 0) is 11.2 Å². The summed E-state index contributed by atoms with van der Waals surface area (Å²) in [6, 6.07) is 6.67. The third-order valence-electron chi connectivity index (χ3n) is 11.0. The number of aromatic hydroxyl groups is 1. The van der Waals surface area contributed by atoms with Crippen molar-refractivity contribution >= 4 is 5.78 Å². The van der Waals surface area contributed by atoms with Gasteiger partial charge in [0.15, 0.2) is 5.78 Å². The molecule has 0 bridgehead atoms. The zero-order valence-electron chi connectivity index (χ0n) is 27.5. The first-order valence-corrected chi connectivity index (χ1v) is 16.8. The van der Waals surface area contributed by atoms with Crippen LogP contribution in [-0.4, -0.2) is 56.2 Å². The fourth-order valence-electron chi connectivity index (χ4n) is 8.89. The topological polar surface area (TPSA) is 118 Å². The highest BCUT2D eigenvalue weighted by atomic mass is 16.3. The Kier molecular flexibility index (Phi) is 11.9. The number of carbonyl (C=O) groups excluding carboxylic acids is 1. The van der Waals surface area contributed by atoms with Gasteiger partial charge in [0.1, 0.15) is 5.75 Å². The summed E-state index contributed by atoms with van der Waals surface area (Å²) in [6.45, 7) is 10.00. The van der Waals surface area contributed by atoms with Crippen molar-refractivity contribution < 1.29 is 30.3 Å². The lowest BCUT2D eigenvalue weighted by atomic mass is 9.45. The lowest BCUT2D eigenvalue weighted by molar-refractivity contribution is -0.215. The first kappa shape index (κ1) is 35.1. The lowest BCUT2D eigenvalue weighted by Crippen LogP contribution is -2.65. The molecule has 0 radical (unpaired) electrons. The summed E-state index contributed by atoms with van der Waals surface area (Å²) in [6.07, 6.45) is 14.2. The molecule has 0 aliphatic heterocycles. The van der Waals surface area contributed by atoms with Crippen LogP contribution < -0.4 is 0 Å². The zero-order valence-corrected chi connectivity index (χ0v) is 27.5. The van der Waals surface area contributed by atoms with Gasteiger partial charge in [0.2, 0.25) is 0 Å². The summed E-state index contributed by atoms with van der Waals surface area (Å²) in [5, 5.41) is 55.0. The molecule has 246 valence electrons. The third kappa shape index (κ3) is 7.30. The van der Waals surface area contributed by atoms with Crippen molar-refractivity contribution in [1.82, 2.24) is 0 Å². The normalized spacial score (nSPS) is 31.0. The summed E-state index contributed by atoms with van der Waals surface area (Å²) >= 11 is 0. The Hall–Kier alpha value is -2.77. The number of aliphatic hydroxyl groups is 4. The molecule has 3 fully saturated rings. The summed E-state index contributed by atoms with van der Waals surface area (Å²) in [4.78, 5) is 13.7. The van der Waals surface area contributed by atoms with Gasteiger partial charge >= 0.3 is 0 Å². The first-order chi connectivity index (χ1) is 21.5. The molecule has 0 unspecified atom stereocenters. The number of Topliss-reactive ketones (excluding diaryl/α,β-unsaturated/α-hetero) is 1. The molecule has 6 nitrogen and oxygen atoms in total. The van der Waals surface area contributed by atoms with Crippen molar-refractivity contribution in [2.75, 3.05) is 13.2 Å². The summed E-state index contributed by atoms with van der Waals surface area (Å²) < 4.78 is 0. The van der Waals surface area contributed by atoms with E-state index >= 15 is 0 Å². The molecule has 0 saturated heterocycles. The van der Waals surface area contributed by atoms with Gasteiger partial charge in [0, 0.05) is 24.4 Å². The maximum Gasteiger partial charge on any atom is 0.162 e. The van der Waals surface area contributed by atoms with Crippen molar-refractivity contribution in [2.24, 2.45) is 23.2 Å². The van der Waals surface area contributed by atoms with E-state index in [0.717, 1.165) is 48.0 Å². The van der Waals surface area contributed by atoms with E-state index in [-0.39, 0.29) is 48.9 Å². The zero-order chi connectivity index (χ0) is 32.8. The van der Waals surface area contributed by atoms with E-state index in [1.54, 1.807) is 24.3 Å². The molecule has 3 aliphatic carbocycles. The molecular formula is C39H54O6. The van der Waals surface area contributed by atoms with Crippen LogP contribution in [0.25, 0.3) is 0 Å². The van der Waals surface area contributed by atoms with Gasteiger partial charge < -0.3 is 25.5 Å². The van der Waals surface area contributed by atoms with Gasteiger partial charge in [-0.3, -0.25) is 4.79 Å². The maximum absolute atomic E-state index is 13.7. The van der Waals surface area contributed by atoms with E-state index in [2.05, 4.69) is 26.5 Å². The van der Waals surface area contributed by atoms with Gasteiger partial charge in [-0.05, 0) is 119 Å². The number of rotatable bonds is 13. The van der Waals surface area contributed by atoms with E-state index in [4.69, 9.17) is 0 Å². The van der Waals surface area contributed by atoms with Gasteiger partial charge in [-0.1, -0.05) is 66.2 Å². The summed E-state index contributed by atoms with van der Waals surface area (Å²) in [7, 11) is 0. The molecule has 6 atom stereocenters. The molecule has 45 heavy (non-hydrogen) atoms. The van der Waals surface area contributed by atoms with E-state index < -0.39 is 17.1 Å². The molecule has 1 aromatic carbocycles. The fraction of sp³-hybridized carbons (Fsp3) is 0.564. The minimum atomic E-state index is -1.09. The molecule has 1 spiro atoms. The number of phenols is 1.